The summed E-state index contributed by atoms with van der Waals surface area (Å²) >= 11 is 0. The number of nitrogens with one attached hydrogen (secondary N) is 1. The lowest BCUT2D eigenvalue weighted by Gasteiger charge is -2.30. The van der Waals surface area contributed by atoms with Crippen LogP contribution in [0.15, 0.2) is 0 Å². The summed E-state index contributed by atoms with van der Waals surface area (Å²) in [7, 11) is 0. The first-order valence-corrected chi connectivity index (χ1v) is 7.82. The van der Waals surface area contributed by atoms with Gasteiger partial charge in [0.05, 0.1) is 5.69 Å². The molecular formula is C16H29N3. The lowest BCUT2D eigenvalue weighted by Crippen LogP contribution is -2.35. The fraction of sp³-hybridized carbons (Fsp3) is 0.812. The van der Waals surface area contributed by atoms with E-state index in [4.69, 9.17) is 0 Å². The predicted molar refractivity (Wildman–Crippen MR) is 80.3 cm³/mol. The van der Waals surface area contributed by atoms with E-state index in [0.29, 0.717) is 12.1 Å². The molecule has 1 aromatic rings. The zero-order chi connectivity index (χ0) is 14.0. The molecule has 1 fully saturated rings. The summed E-state index contributed by atoms with van der Waals surface area (Å²) in [5.41, 5.74) is 3.91. The van der Waals surface area contributed by atoms with Gasteiger partial charge in [0.15, 0.2) is 0 Å². The molecule has 1 unspecified atom stereocenters. The second-order valence-corrected chi connectivity index (χ2v) is 6.25. The Bertz CT molecular complexity index is 414. The minimum atomic E-state index is 0.415. The molecule has 1 N–H and O–H groups in total. The van der Waals surface area contributed by atoms with Gasteiger partial charge in [-0.2, -0.15) is 5.10 Å². The Balaban J connectivity index is 2.03. The zero-order valence-corrected chi connectivity index (χ0v) is 13.2. The largest absolute Gasteiger partial charge is 0.307 e. The monoisotopic (exact) mass is 263 g/mol. The molecule has 1 aliphatic rings. The van der Waals surface area contributed by atoms with E-state index in [-0.39, 0.29) is 0 Å². The Hall–Kier alpha value is -0.830. The number of hydrogen-bond donors (Lipinski definition) is 1. The fourth-order valence-electron chi connectivity index (χ4n) is 3.51. The van der Waals surface area contributed by atoms with Crippen molar-refractivity contribution in [1.29, 1.82) is 0 Å². The van der Waals surface area contributed by atoms with E-state index in [1.165, 1.54) is 42.6 Å². The third-order valence-electron chi connectivity index (χ3n) is 4.67. The minimum Gasteiger partial charge on any atom is -0.307 e. The third kappa shape index (κ3) is 3.19. The van der Waals surface area contributed by atoms with Gasteiger partial charge in [0.25, 0.3) is 0 Å². The summed E-state index contributed by atoms with van der Waals surface area (Å²) in [6.45, 7) is 12.1. The Kier molecular flexibility index (Phi) is 4.67. The van der Waals surface area contributed by atoms with Crippen molar-refractivity contribution in [3.8, 4) is 0 Å². The van der Waals surface area contributed by atoms with Crippen molar-refractivity contribution in [2.75, 3.05) is 0 Å². The molecule has 1 heterocycles. The normalized spacial score (nSPS) is 25.5. The van der Waals surface area contributed by atoms with Crippen LogP contribution in [-0.4, -0.2) is 15.8 Å². The molecule has 1 aliphatic carbocycles. The van der Waals surface area contributed by atoms with Crippen molar-refractivity contribution in [2.24, 2.45) is 5.92 Å². The predicted octanol–water partition coefficient (Wildman–Crippen LogP) is 3.75. The topological polar surface area (TPSA) is 29.9 Å². The van der Waals surface area contributed by atoms with E-state index in [1.54, 1.807) is 0 Å². The molecule has 0 bridgehead atoms. The van der Waals surface area contributed by atoms with Crippen LogP contribution in [0.25, 0.3) is 0 Å². The number of hydrogen-bond acceptors (Lipinski definition) is 2. The zero-order valence-electron chi connectivity index (χ0n) is 13.2. The quantitative estimate of drug-likeness (QED) is 0.896. The van der Waals surface area contributed by atoms with Crippen LogP contribution in [0.1, 0.15) is 69.4 Å². The highest BCUT2D eigenvalue weighted by Gasteiger charge is 2.23. The van der Waals surface area contributed by atoms with Gasteiger partial charge in [-0.25, -0.2) is 0 Å². The Morgan fingerprint density at radius 1 is 1.26 bits per heavy atom. The van der Waals surface area contributed by atoms with E-state index < -0.39 is 0 Å². The van der Waals surface area contributed by atoms with Gasteiger partial charge in [-0.15, -0.1) is 0 Å². The second-order valence-electron chi connectivity index (χ2n) is 6.25. The molecule has 0 aliphatic heterocycles. The van der Waals surface area contributed by atoms with Crippen molar-refractivity contribution in [2.45, 2.75) is 78.9 Å². The fourth-order valence-corrected chi connectivity index (χ4v) is 3.51. The van der Waals surface area contributed by atoms with Gasteiger partial charge in [-0.3, -0.25) is 4.68 Å². The van der Waals surface area contributed by atoms with Crippen LogP contribution in [0.3, 0.4) is 0 Å². The molecule has 3 heteroatoms. The lowest BCUT2D eigenvalue weighted by atomic mass is 9.87. The van der Waals surface area contributed by atoms with Crippen LogP contribution in [-0.2, 0) is 6.54 Å². The van der Waals surface area contributed by atoms with Crippen LogP contribution in [0, 0.1) is 19.8 Å². The molecule has 0 saturated heterocycles. The van der Waals surface area contributed by atoms with Crippen molar-refractivity contribution in [3.05, 3.63) is 17.0 Å². The van der Waals surface area contributed by atoms with E-state index in [1.807, 2.05) is 0 Å². The van der Waals surface area contributed by atoms with Gasteiger partial charge in [0.2, 0.25) is 0 Å². The van der Waals surface area contributed by atoms with E-state index in [2.05, 4.69) is 49.7 Å². The summed E-state index contributed by atoms with van der Waals surface area (Å²) in [6.07, 6.45) is 5.39. The van der Waals surface area contributed by atoms with Crippen molar-refractivity contribution < 1.29 is 0 Å². The molecule has 1 aromatic heterocycles. The number of aryl methyl sites for hydroxylation is 2. The molecule has 1 atom stereocenters. The Morgan fingerprint density at radius 2 is 1.89 bits per heavy atom. The van der Waals surface area contributed by atoms with Gasteiger partial charge < -0.3 is 5.32 Å². The van der Waals surface area contributed by atoms with E-state index in [0.717, 1.165) is 12.5 Å². The molecule has 0 spiro atoms. The third-order valence-corrected chi connectivity index (χ3v) is 4.67. The van der Waals surface area contributed by atoms with Crippen LogP contribution in [0.2, 0.25) is 0 Å². The van der Waals surface area contributed by atoms with Crippen LogP contribution in [0.4, 0.5) is 0 Å². The average Bonchev–Trinajstić information content (AvgIpc) is 2.67. The molecule has 3 nitrogen and oxygen atoms in total. The van der Waals surface area contributed by atoms with Crippen molar-refractivity contribution in [3.63, 3.8) is 0 Å². The van der Waals surface area contributed by atoms with E-state index >= 15 is 0 Å². The second kappa shape index (κ2) is 6.08. The molecule has 2 rings (SSSR count). The molecule has 0 aromatic carbocycles. The van der Waals surface area contributed by atoms with Crippen LogP contribution >= 0.6 is 0 Å². The first-order chi connectivity index (χ1) is 9.02. The molecular weight excluding hydrogens is 234 g/mol. The van der Waals surface area contributed by atoms with Gasteiger partial charge in [0.1, 0.15) is 0 Å². The van der Waals surface area contributed by atoms with Gasteiger partial charge >= 0.3 is 0 Å². The number of rotatable bonds is 4. The highest BCUT2D eigenvalue weighted by Crippen LogP contribution is 2.27. The van der Waals surface area contributed by atoms with Crippen LogP contribution in [0.5, 0.6) is 0 Å². The first kappa shape index (κ1) is 14.6. The standard InChI is InChI=1S/C16H29N3/c1-6-19-14(5)16(13(4)18-19)12(3)17-15-9-7-11(2)8-10-15/h11-12,15,17H,6-10H2,1-5H3. The molecule has 1 saturated carbocycles. The maximum absolute atomic E-state index is 4.63. The maximum Gasteiger partial charge on any atom is 0.0644 e. The van der Waals surface area contributed by atoms with Gasteiger partial charge in [-0.05, 0) is 59.3 Å². The summed E-state index contributed by atoms with van der Waals surface area (Å²) < 4.78 is 2.12. The van der Waals surface area contributed by atoms with Crippen LogP contribution < -0.4 is 5.32 Å². The summed E-state index contributed by atoms with van der Waals surface area (Å²) in [5, 5.41) is 8.45. The highest BCUT2D eigenvalue weighted by atomic mass is 15.3. The maximum atomic E-state index is 4.63. The minimum absolute atomic E-state index is 0.415. The van der Waals surface area contributed by atoms with Crippen molar-refractivity contribution in [1.82, 2.24) is 15.1 Å². The van der Waals surface area contributed by atoms with Gasteiger partial charge in [-0.1, -0.05) is 6.92 Å². The lowest BCUT2D eigenvalue weighted by molar-refractivity contribution is 0.291. The summed E-state index contributed by atoms with van der Waals surface area (Å²) in [6, 6.07) is 1.11. The smallest absolute Gasteiger partial charge is 0.0644 e. The average molecular weight is 263 g/mol. The SMILES string of the molecule is CCn1nc(C)c(C(C)NC2CCC(C)CC2)c1C. The Morgan fingerprint density at radius 3 is 2.42 bits per heavy atom. The molecule has 0 radical (unpaired) electrons. The van der Waals surface area contributed by atoms with Gasteiger partial charge in [0, 0.05) is 29.9 Å². The van der Waals surface area contributed by atoms with Crippen molar-refractivity contribution >= 4 is 0 Å². The highest BCUT2D eigenvalue weighted by molar-refractivity contribution is 5.27. The summed E-state index contributed by atoms with van der Waals surface area (Å²) in [4.78, 5) is 0. The first-order valence-electron chi connectivity index (χ1n) is 7.82. The number of nitrogens with zero attached hydrogens (tertiary/aromatic N) is 2. The number of aromatic nitrogens is 2. The van der Waals surface area contributed by atoms with E-state index in [9.17, 15) is 0 Å². The Labute approximate surface area is 117 Å². The molecule has 19 heavy (non-hydrogen) atoms. The summed E-state index contributed by atoms with van der Waals surface area (Å²) in [5.74, 6) is 0.916. The molecule has 108 valence electrons. The molecule has 0 amide bonds.